The maximum Gasteiger partial charge on any atom is 0.161 e. The predicted octanol–water partition coefficient (Wildman–Crippen LogP) is 3.83. The monoisotopic (exact) mass is 290 g/mol. The van der Waals surface area contributed by atoms with E-state index in [1.165, 1.54) is 5.56 Å². The van der Waals surface area contributed by atoms with Crippen molar-refractivity contribution in [3.8, 4) is 17.6 Å². The van der Waals surface area contributed by atoms with E-state index >= 15 is 0 Å². The Kier molecular flexibility index (Phi) is 8.30. The molecule has 0 fully saturated rings. The molecule has 0 aliphatic rings. The lowest BCUT2D eigenvalue weighted by molar-refractivity contribution is 0.286. The van der Waals surface area contributed by atoms with E-state index in [0.717, 1.165) is 37.3 Å². The van der Waals surface area contributed by atoms with Crippen LogP contribution < -0.4 is 14.8 Å². The van der Waals surface area contributed by atoms with Crippen LogP contribution >= 0.6 is 0 Å². The second-order valence-corrected chi connectivity index (χ2v) is 5.05. The van der Waals surface area contributed by atoms with Crippen molar-refractivity contribution >= 4 is 0 Å². The molecule has 1 N–H and O–H groups in total. The number of nitrogens with zero attached hydrogens (tertiary/aromatic N) is 1. The molecule has 0 saturated heterocycles. The Labute approximate surface area is 128 Å². The van der Waals surface area contributed by atoms with Crippen LogP contribution in [-0.4, -0.2) is 20.3 Å². The summed E-state index contributed by atoms with van der Waals surface area (Å²) < 4.78 is 11.1. The molecule has 116 valence electrons. The Morgan fingerprint density at radius 3 is 2.76 bits per heavy atom. The highest BCUT2D eigenvalue weighted by atomic mass is 16.5. The van der Waals surface area contributed by atoms with E-state index in [9.17, 15) is 0 Å². The highest BCUT2D eigenvalue weighted by Gasteiger charge is 2.10. The molecule has 4 heteroatoms. The first-order valence-corrected chi connectivity index (χ1v) is 7.64. The van der Waals surface area contributed by atoms with Gasteiger partial charge in [-0.05, 0) is 50.4 Å². The van der Waals surface area contributed by atoms with Gasteiger partial charge in [-0.3, -0.25) is 0 Å². The quantitative estimate of drug-likeness (QED) is 0.665. The zero-order valence-electron chi connectivity index (χ0n) is 13.3. The third-order valence-electron chi connectivity index (χ3n) is 3.33. The molecule has 1 aromatic carbocycles. The summed E-state index contributed by atoms with van der Waals surface area (Å²) in [5.74, 6) is 1.53. The summed E-state index contributed by atoms with van der Waals surface area (Å²) in [6, 6.07) is 8.49. The zero-order chi connectivity index (χ0) is 15.5. The van der Waals surface area contributed by atoms with E-state index in [1.54, 1.807) is 7.11 Å². The molecular weight excluding hydrogens is 264 g/mol. The van der Waals surface area contributed by atoms with Gasteiger partial charge in [-0.25, -0.2) is 0 Å². The topological polar surface area (TPSA) is 54.3 Å². The number of nitriles is 1. The first-order valence-electron chi connectivity index (χ1n) is 7.64. The third kappa shape index (κ3) is 6.05. The van der Waals surface area contributed by atoms with Gasteiger partial charge in [-0.2, -0.15) is 5.26 Å². The molecule has 4 nitrogen and oxygen atoms in total. The van der Waals surface area contributed by atoms with Crippen molar-refractivity contribution in [3.05, 3.63) is 23.8 Å². The first-order chi connectivity index (χ1) is 10.2. The van der Waals surface area contributed by atoms with Crippen molar-refractivity contribution in [2.24, 2.45) is 0 Å². The van der Waals surface area contributed by atoms with Gasteiger partial charge in [0.05, 0.1) is 19.8 Å². The van der Waals surface area contributed by atoms with Crippen molar-refractivity contribution in [1.29, 1.82) is 5.26 Å². The van der Waals surface area contributed by atoms with Gasteiger partial charge in [0.1, 0.15) is 0 Å². The summed E-state index contributed by atoms with van der Waals surface area (Å²) in [5.41, 5.74) is 1.19. The zero-order valence-corrected chi connectivity index (χ0v) is 13.3. The summed E-state index contributed by atoms with van der Waals surface area (Å²) in [6.07, 6.45) is 3.45. The Morgan fingerprint density at radius 2 is 2.10 bits per heavy atom. The lowest BCUT2D eigenvalue weighted by Gasteiger charge is -2.17. The third-order valence-corrected chi connectivity index (χ3v) is 3.33. The van der Waals surface area contributed by atoms with Crippen LogP contribution in [0.1, 0.15) is 51.1 Å². The molecule has 0 amide bonds. The largest absolute Gasteiger partial charge is 0.493 e. The number of hydrogen-bond acceptors (Lipinski definition) is 4. The van der Waals surface area contributed by atoms with Gasteiger partial charge in [0.25, 0.3) is 0 Å². The van der Waals surface area contributed by atoms with Crippen LogP contribution in [0, 0.1) is 11.3 Å². The van der Waals surface area contributed by atoms with Crippen molar-refractivity contribution < 1.29 is 9.47 Å². The SMILES string of the molecule is CCCNC(C)c1ccc(OCCCCC#N)c(OC)c1. The Hall–Kier alpha value is -1.73. The minimum atomic E-state index is 0.295. The molecule has 0 radical (unpaired) electrons. The summed E-state index contributed by atoms with van der Waals surface area (Å²) in [4.78, 5) is 0. The van der Waals surface area contributed by atoms with Gasteiger partial charge in [0.15, 0.2) is 11.5 Å². The van der Waals surface area contributed by atoms with Gasteiger partial charge >= 0.3 is 0 Å². The van der Waals surface area contributed by atoms with Crippen molar-refractivity contribution in [3.63, 3.8) is 0 Å². The second kappa shape index (κ2) is 10.1. The molecule has 1 atom stereocenters. The van der Waals surface area contributed by atoms with Crippen LogP contribution in [-0.2, 0) is 0 Å². The molecule has 0 aliphatic carbocycles. The number of unbranched alkanes of at least 4 members (excludes halogenated alkanes) is 2. The Balaban J connectivity index is 2.59. The number of hydrogen-bond donors (Lipinski definition) is 1. The fraction of sp³-hybridized carbons (Fsp3) is 0.588. The van der Waals surface area contributed by atoms with Crippen LogP contribution in [0.25, 0.3) is 0 Å². The van der Waals surface area contributed by atoms with Gasteiger partial charge in [0.2, 0.25) is 0 Å². The summed E-state index contributed by atoms with van der Waals surface area (Å²) >= 11 is 0. The van der Waals surface area contributed by atoms with Gasteiger partial charge in [-0.1, -0.05) is 13.0 Å². The number of ether oxygens (including phenoxy) is 2. The normalized spacial score (nSPS) is 11.7. The van der Waals surface area contributed by atoms with E-state index in [1.807, 2.05) is 12.1 Å². The van der Waals surface area contributed by atoms with E-state index in [0.29, 0.717) is 19.1 Å². The highest BCUT2D eigenvalue weighted by Crippen LogP contribution is 2.30. The molecule has 0 bridgehead atoms. The number of benzene rings is 1. The second-order valence-electron chi connectivity index (χ2n) is 5.05. The van der Waals surface area contributed by atoms with Crippen LogP contribution in [0.3, 0.4) is 0 Å². The number of nitrogens with one attached hydrogen (secondary N) is 1. The Morgan fingerprint density at radius 1 is 1.29 bits per heavy atom. The van der Waals surface area contributed by atoms with Crippen LogP contribution in [0.15, 0.2) is 18.2 Å². The smallest absolute Gasteiger partial charge is 0.161 e. The number of methoxy groups -OCH3 is 1. The van der Waals surface area contributed by atoms with Crippen molar-refractivity contribution in [1.82, 2.24) is 5.32 Å². The maximum absolute atomic E-state index is 8.49. The first kappa shape index (κ1) is 17.3. The minimum absolute atomic E-state index is 0.295. The lowest BCUT2D eigenvalue weighted by Crippen LogP contribution is -2.19. The molecular formula is C17H26N2O2. The van der Waals surface area contributed by atoms with E-state index < -0.39 is 0 Å². The molecule has 0 aromatic heterocycles. The molecule has 1 rings (SSSR count). The molecule has 0 heterocycles. The summed E-state index contributed by atoms with van der Waals surface area (Å²) in [5, 5.41) is 12.0. The van der Waals surface area contributed by atoms with Gasteiger partial charge < -0.3 is 14.8 Å². The van der Waals surface area contributed by atoms with E-state index in [-0.39, 0.29) is 0 Å². The molecule has 1 aromatic rings. The highest BCUT2D eigenvalue weighted by molar-refractivity contribution is 5.43. The Bertz CT molecular complexity index is 455. The van der Waals surface area contributed by atoms with Crippen LogP contribution in [0.5, 0.6) is 11.5 Å². The average Bonchev–Trinajstić information content (AvgIpc) is 2.52. The maximum atomic E-state index is 8.49. The van der Waals surface area contributed by atoms with E-state index in [2.05, 4.69) is 31.3 Å². The molecule has 0 saturated carbocycles. The standard InChI is InChI=1S/C17H26N2O2/c1-4-11-19-14(2)15-8-9-16(17(13-15)20-3)21-12-7-5-6-10-18/h8-9,13-14,19H,4-7,11-12H2,1-3H3. The molecule has 1 unspecified atom stereocenters. The van der Waals surface area contributed by atoms with Crippen molar-refractivity contribution in [2.75, 3.05) is 20.3 Å². The lowest BCUT2D eigenvalue weighted by atomic mass is 10.1. The van der Waals surface area contributed by atoms with Crippen LogP contribution in [0.2, 0.25) is 0 Å². The molecule has 0 spiro atoms. The van der Waals surface area contributed by atoms with Gasteiger partial charge in [0, 0.05) is 12.5 Å². The van der Waals surface area contributed by atoms with Crippen LogP contribution in [0.4, 0.5) is 0 Å². The molecule has 0 aliphatic heterocycles. The van der Waals surface area contributed by atoms with Gasteiger partial charge in [-0.15, -0.1) is 0 Å². The fourth-order valence-corrected chi connectivity index (χ4v) is 2.04. The minimum Gasteiger partial charge on any atom is -0.493 e. The fourth-order valence-electron chi connectivity index (χ4n) is 2.04. The number of rotatable bonds is 10. The summed E-state index contributed by atoms with van der Waals surface area (Å²) in [7, 11) is 1.66. The van der Waals surface area contributed by atoms with E-state index in [4.69, 9.17) is 14.7 Å². The predicted molar refractivity (Wildman–Crippen MR) is 84.7 cm³/mol. The summed E-state index contributed by atoms with van der Waals surface area (Å²) in [6.45, 7) is 5.91. The average molecular weight is 290 g/mol. The van der Waals surface area contributed by atoms with Crippen molar-refractivity contribution in [2.45, 2.75) is 45.6 Å². The molecule has 21 heavy (non-hydrogen) atoms.